The van der Waals surface area contributed by atoms with E-state index in [0.717, 1.165) is 22.0 Å². The van der Waals surface area contributed by atoms with Gasteiger partial charge in [-0.05, 0) is 83.2 Å². The van der Waals surface area contributed by atoms with Crippen LogP contribution < -0.4 is 20.9 Å². The number of piperazine rings is 1. The molecular formula is C46H57FN8O6. The van der Waals surface area contributed by atoms with Crippen LogP contribution >= 0.6 is 0 Å². The van der Waals surface area contributed by atoms with Crippen molar-refractivity contribution in [1.82, 2.24) is 35.8 Å². The molecule has 1 saturated heterocycles. The summed E-state index contributed by atoms with van der Waals surface area (Å²) in [4.78, 5) is 68.6. The fourth-order valence-corrected chi connectivity index (χ4v) is 7.19. The third kappa shape index (κ3) is 11.9. The Morgan fingerprint density at radius 2 is 1.57 bits per heavy atom. The number of H-pyrrole nitrogens is 2. The third-order valence-corrected chi connectivity index (χ3v) is 10.7. The highest BCUT2D eigenvalue weighted by atomic mass is 19.1. The van der Waals surface area contributed by atoms with Gasteiger partial charge in [-0.15, -0.1) is 0 Å². The molecule has 15 heteroatoms. The van der Waals surface area contributed by atoms with E-state index in [1.54, 1.807) is 63.9 Å². The second-order valence-corrected chi connectivity index (χ2v) is 16.8. The topological polar surface area (TPSA) is 174 Å². The molecule has 1 fully saturated rings. The zero-order chi connectivity index (χ0) is 43.6. The molecule has 1 aliphatic heterocycles. The summed E-state index contributed by atoms with van der Waals surface area (Å²) in [5.41, 5.74) is 1.84. The van der Waals surface area contributed by atoms with E-state index in [1.807, 2.05) is 65.7 Å². The molecule has 324 valence electrons. The summed E-state index contributed by atoms with van der Waals surface area (Å²) in [6.07, 6.45) is 4.68. The number of benzene rings is 3. The molecule has 61 heavy (non-hydrogen) atoms. The Morgan fingerprint density at radius 3 is 2.31 bits per heavy atom. The van der Waals surface area contributed by atoms with Crippen molar-refractivity contribution in [2.45, 2.75) is 90.0 Å². The number of hydrogen-bond acceptors (Lipinski definition) is 8. The zero-order valence-electron chi connectivity index (χ0n) is 35.6. The van der Waals surface area contributed by atoms with Gasteiger partial charge in [-0.2, -0.15) is 0 Å². The largest absolute Gasteiger partial charge is 0.458 e. The van der Waals surface area contributed by atoms with E-state index in [4.69, 9.17) is 14.5 Å². The van der Waals surface area contributed by atoms with Crippen molar-refractivity contribution >= 4 is 40.6 Å². The number of nitrogens with one attached hydrogen (secondary N) is 5. The molecule has 0 bridgehead atoms. The van der Waals surface area contributed by atoms with E-state index in [0.29, 0.717) is 69.2 Å². The summed E-state index contributed by atoms with van der Waals surface area (Å²) in [6, 6.07) is 22.1. The van der Waals surface area contributed by atoms with Gasteiger partial charge in [0.2, 0.25) is 5.91 Å². The van der Waals surface area contributed by atoms with Gasteiger partial charge in [-0.3, -0.25) is 4.79 Å². The summed E-state index contributed by atoms with van der Waals surface area (Å²) >= 11 is 0. The number of amides is 4. The van der Waals surface area contributed by atoms with Gasteiger partial charge >= 0.3 is 18.1 Å². The third-order valence-electron chi connectivity index (χ3n) is 10.7. The molecule has 3 heterocycles. The SMILES string of the molecule is CC(C)(C)OC(=O)[C@@H](CCCCNC(=O)OCc1ccccc1)NC(=O)C(C)(C)c1cnc([C@@H](Cc2c[nH]c3ccccc23)NC(=O)N2CCN(c3ccccc3F)CC2)[nH]1. The number of hydrogen-bond donors (Lipinski definition) is 5. The highest BCUT2D eigenvalue weighted by Crippen LogP contribution is 2.28. The molecule has 14 nitrogen and oxygen atoms in total. The van der Waals surface area contributed by atoms with Crippen LogP contribution in [0.1, 0.15) is 82.6 Å². The Labute approximate surface area is 356 Å². The molecule has 5 N–H and O–H groups in total. The number of para-hydroxylation sites is 2. The predicted molar refractivity (Wildman–Crippen MR) is 231 cm³/mol. The molecule has 0 saturated carbocycles. The van der Waals surface area contributed by atoms with Crippen molar-refractivity contribution in [3.05, 3.63) is 120 Å². The first kappa shape index (κ1) is 44.2. The minimum atomic E-state index is -1.19. The number of nitrogens with zero attached hydrogens (tertiary/aromatic N) is 3. The molecular weight excluding hydrogens is 780 g/mol. The first-order valence-corrected chi connectivity index (χ1v) is 20.8. The molecule has 0 aliphatic carbocycles. The van der Waals surface area contributed by atoms with Crippen molar-refractivity contribution in [1.29, 1.82) is 0 Å². The van der Waals surface area contributed by atoms with Crippen molar-refractivity contribution in [2.24, 2.45) is 0 Å². The average Bonchev–Trinajstić information content (AvgIpc) is 3.91. The highest BCUT2D eigenvalue weighted by molar-refractivity contribution is 5.91. The minimum absolute atomic E-state index is 0.156. The number of unbranched alkanes of at least 4 members (excludes halogenated alkanes) is 1. The summed E-state index contributed by atoms with van der Waals surface area (Å²) < 4.78 is 25.5. The maximum absolute atomic E-state index is 14.5. The van der Waals surface area contributed by atoms with Gasteiger partial charge in [-0.1, -0.05) is 60.7 Å². The Kier molecular flexibility index (Phi) is 14.3. The van der Waals surface area contributed by atoms with E-state index in [9.17, 15) is 23.6 Å². The predicted octanol–water partition coefficient (Wildman–Crippen LogP) is 7.05. The molecule has 6 rings (SSSR count). The number of aromatic nitrogens is 3. The number of anilines is 1. The van der Waals surface area contributed by atoms with Crippen molar-refractivity contribution in [3.8, 4) is 0 Å². The number of alkyl carbamates (subject to hydrolysis) is 1. The summed E-state index contributed by atoms with van der Waals surface area (Å²) in [5.74, 6) is -0.828. The van der Waals surface area contributed by atoms with Gasteiger partial charge in [0.05, 0.1) is 17.1 Å². The Balaban J connectivity index is 1.11. The van der Waals surface area contributed by atoms with Crippen LogP contribution in [-0.2, 0) is 37.5 Å². The van der Waals surface area contributed by atoms with Crippen LogP contribution in [0.3, 0.4) is 0 Å². The number of carbonyl (C=O) groups excluding carboxylic acids is 4. The van der Waals surface area contributed by atoms with Gasteiger partial charge in [0.25, 0.3) is 0 Å². The quantitative estimate of drug-likeness (QED) is 0.0520. The fourth-order valence-electron chi connectivity index (χ4n) is 7.19. The normalized spacial score (nSPS) is 14.3. The van der Waals surface area contributed by atoms with Crippen molar-refractivity contribution in [3.63, 3.8) is 0 Å². The Morgan fingerprint density at radius 1 is 0.869 bits per heavy atom. The lowest BCUT2D eigenvalue weighted by Crippen LogP contribution is -2.52. The number of rotatable bonds is 16. The molecule has 0 radical (unpaired) electrons. The first-order chi connectivity index (χ1) is 29.2. The summed E-state index contributed by atoms with van der Waals surface area (Å²) in [6.45, 7) is 11.0. The number of fused-ring (bicyclic) bond motifs is 1. The van der Waals surface area contributed by atoms with Crippen molar-refractivity contribution in [2.75, 3.05) is 37.6 Å². The number of urea groups is 1. The number of halogens is 1. The number of esters is 1. The zero-order valence-corrected chi connectivity index (χ0v) is 35.6. The lowest BCUT2D eigenvalue weighted by molar-refractivity contribution is -0.159. The van der Waals surface area contributed by atoms with E-state index >= 15 is 0 Å². The lowest BCUT2D eigenvalue weighted by atomic mass is 9.88. The number of imidazole rings is 1. The van der Waals surface area contributed by atoms with Gasteiger partial charge in [-0.25, -0.2) is 23.8 Å². The van der Waals surface area contributed by atoms with E-state index in [1.165, 1.54) is 6.07 Å². The maximum atomic E-state index is 14.5. The van der Waals surface area contributed by atoms with Crippen LogP contribution in [0.5, 0.6) is 0 Å². The molecule has 0 unspecified atom stereocenters. The number of ether oxygens (including phenoxy) is 2. The van der Waals surface area contributed by atoms with E-state index in [2.05, 4.69) is 25.9 Å². The second kappa shape index (κ2) is 19.8. The minimum Gasteiger partial charge on any atom is -0.458 e. The van der Waals surface area contributed by atoms with Crippen molar-refractivity contribution < 1.29 is 33.0 Å². The molecule has 2 aromatic heterocycles. The Bertz CT molecular complexity index is 2260. The molecule has 2 atom stereocenters. The fraction of sp³-hybridized carbons (Fsp3) is 0.413. The van der Waals surface area contributed by atoms with Gasteiger partial charge in [0, 0.05) is 68.1 Å². The standard InChI is InChI=1S/C46H57FN8O6/c1-45(2,3)61-41(56)36(20-13-14-22-48-44(59)60-30-31-15-7-6-8-16-31)51-42(57)46(4,5)39-29-50-40(53-39)37(27-32-28-49-35-19-11-9-17-33(32)35)52-43(58)55-25-23-54(24-26-55)38-21-12-10-18-34(38)47/h6-12,15-19,21,28-29,36-37,49H,13-14,20,22-27,30H2,1-5H3,(H,48,59)(H,50,53)(H,51,57)(H,52,58)/t36-,37-/m1/s1. The second-order valence-electron chi connectivity index (χ2n) is 16.8. The highest BCUT2D eigenvalue weighted by Gasteiger charge is 2.37. The molecule has 1 aliphatic rings. The van der Waals surface area contributed by atoms with Crippen LogP contribution in [0.2, 0.25) is 0 Å². The van der Waals surface area contributed by atoms with Crippen LogP contribution in [0.4, 0.5) is 19.7 Å². The van der Waals surface area contributed by atoms with Gasteiger partial charge < -0.3 is 45.2 Å². The summed E-state index contributed by atoms with van der Waals surface area (Å²) in [5, 5.41) is 9.85. The maximum Gasteiger partial charge on any atom is 0.407 e. The number of carbonyl (C=O) groups is 4. The monoisotopic (exact) mass is 836 g/mol. The van der Waals surface area contributed by atoms with Crippen LogP contribution in [0.15, 0.2) is 91.3 Å². The van der Waals surface area contributed by atoms with Crippen LogP contribution in [0.25, 0.3) is 10.9 Å². The first-order valence-electron chi connectivity index (χ1n) is 20.8. The van der Waals surface area contributed by atoms with Gasteiger partial charge in [0.1, 0.15) is 29.9 Å². The van der Waals surface area contributed by atoms with Crippen LogP contribution in [-0.4, -0.2) is 88.2 Å². The van der Waals surface area contributed by atoms with E-state index in [-0.39, 0.29) is 24.9 Å². The molecule has 4 amide bonds. The Hall–Kier alpha value is -6.38. The molecule has 3 aromatic carbocycles. The smallest absolute Gasteiger partial charge is 0.407 e. The summed E-state index contributed by atoms with van der Waals surface area (Å²) in [7, 11) is 0. The lowest BCUT2D eigenvalue weighted by Gasteiger charge is -2.36. The van der Waals surface area contributed by atoms with Crippen LogP contribution in [0, 0.1) is 5.82 Å². The molecule has 0 spiro atoms. The van der Waals surface area contributed by atoms with Gasteiger partial charge in [0.15, 0.2) is 0 Å². The molecule has 5 aromatic rings. The van der Waals surface area contributed by atoms with E-state index < -0.39 is 41.1 Å². The average molecular weight is 837 g/mol. The number of aromatic amines is 2.